The van der Waals surface area contributed by atoms with E-state index in [1.165, 1.54) is 0 Å². The van der Waals surface area contributed by atoms with Crippen LogP contribution in [0.15, 0.2) is 0 Å². The molecule has 1 rings (SSSR count). The zero-order valence-corrected chi connectivity index (χ0v) is 10.7. The van der Waals surface area contributed by atoms with E-state index in [1.54, 1.807) is 13.8 Å². The van der Waals surface area contributed by atoms with E-state index in [0.29, 0.717) is 17.0 Å². The molecule has 0 fully saturated rings. The van der Waals surface area contributed by atoms with Gasteiger partial charge in [0.15, 0.2) is 0 Å². The molecule has 0 saturated heterocycles. The highest BCUT2D eigenvalue weighted by Crippen LogP contribution is 2.22. The van der Waals surface area contributed by atoms with Gasteiger partial charge in [0, 0.05) is 24.2 Å². The van der Waals surface area contributed by atoms with Crippen molar-refractivity contribution in [2.24, 2.45) is 0 Å². The van der Waals surface area contributed by atoms with Crippen molar-refractivity contribution in [1.29, 1.82) is 0 Å². The molecule has 0 aliphatic carbocycles. The van der Waals surface area contributed by atoms with E-state index in [4.69, 9.17) is 5.11 Å². The molecule has 1 aromatic rings. The summed E-state index contributed by atoms with van der Waals surface area (Å²) in [7, 11) is 0. The summed E-state index contributed by atoms with van der Waals surface area (Å²) in [4.78, 5) is 18.5. The monoisotopic (exact) mass is 276 g/mol. The summed E-state index contributed by atoms with van der Waals surface area (Å²) in [6, 6.07) is 0. The fourth-order valence-corrected chi connectivity index (χ4v) is 1.77. The highest BCUT2D eigenvalue weighted by Gasteiger charge is 2.27. The first kappa shape index (κ1) is 15.4. The molecule has 0 saturated carbocycles. The van der Waals surface area contributed by atoms with E-state index in [2.05, 4.69) is 9.97 Å². The van der Waals surface area contributed by atoms with Crippen LogP contribution < -0.4 is 0 Å². The number of hydrogen-bond acceptors (Lipinski definition) is 3. The van der Waals surface area contributed by atoms with E-state index in [0.717, 1.165) is 0 Å². The SMILES string of the molecule is Cc1nc(CCC(F)(F)F)nc(C)c1CCC(=O)O. The third-order valence-electron chi connectivity index (χ3n) is 2.69. The van der Waals surface area contributed by atoms with Gasteiger partial charge in [-0.15, -0.1) is 0 Å². The molecule has 19 heavy (non-hydrogen) atoms. The number of rotatable bonds is 5. The van der Waals surface area contributed by atoms with Crippen LogP contribution in [-0.2, 0) is 17.6 Å². The molecule has 7 heteroatoms. The van der Waals surface area contributed by atoms with E-state index < -0.39 is 18.6 Å². The Balaban J connectivity index is 2.81. The van der Waals surface area contributed by atoms with Crippen LogP contribution >= 0.6 is 0 Å². The van der Waals surface area contributed by atoms with Crippen LogP contribution in [-0.4, -0.2) is 27.2 Å². The molecule has 0 aromatic carbocycles. The highest BCUT2D eigenvalue weighted by molar-refractivity contribution is 5.67. The third-order valence-corrected chi connectivity index (χ3v) is 2.69. The number of alkyl halides is 3. The van der Waals surface area contributed by atoms with Crippen molar-refractivity contribution in [2.45, 2.75) is 45.7 Å². The number of carbonyl (C=O) groups is 1. The average Bonchev–Trinajstić information content (AvgIpc) is 2.23. The second kappa shape index (κ2) is 5.99. The lowest BCUT2D eigenvalue weighted by molar-refractivity contribution is -0.137. The second-order valence-corrected chi connectivity index (χ2v) is 4.30. The summed E-state index contributed by atoms with van der Waals surface area (Å²) in [5.41, 5.74) is 1.79. The van der Waals surface area contributed by atoms with Crippen molar-refractivity contribution >= 4 is 5.97 Å². The maximum absolute atomic E-state index is 12.1. The van der Waals surface area contributed by atoms with Gasteiger partial charge in [-0.05, 0) is 25.8 Å². The Kier molecular flexibility index (Phi) is 4.85. The fourth-order valence-electron chi connectivity index (χ4n) is 1.77. The Morgan fingerprint density at radius 1 is 1.16 bits per heavy atom. The van der Waals surface area contributed by atoms with Gasteiger partial charge in [-0.25, -0.2) is 9.97 Å². The first-order valence-corrected chi connectivity index (χ1v) is 5.80. The number of carboxylic acids is 1. The van der Waals surface area contributed by atoms with Gasteiger partial charge in [0.25, 0.3) is 0 Å². The Labute approximate surface area is 108 Å². The maximum atomic E-state index is 12.1. The fraction of sp³-hybridized carbons (Fsp3) is 0.583. The van der Waals surface area contributed by atoms with Crippen molar-refractivity contribution in [2.75, 3.05) is 0 Å². The second-order valence-electron chi connectivity index (χ2n) is 4.30. The predicted octanol–water partition coefficient (Wildman–Crippen LogP) is 2.61. The van der Waals surface area contributed by atoms with Gasteiger partial charge in [-0.3, -0.25) is 4.79 Å². The summed E-state index contributed by atoms with van der Waals surface area (Å²) < 4.78 is 36.3. The number of hydrogen-bond donors (Lipinski definition) is 1. The number of aromatic nitrogens is 2. The quantitative estimate of drug-likeness (QED) is 0.897. The summed E-state index contributed by atoms with van der Waals surface area (Å²) in [5, 5.41) is 8.62. The van der Waals surface area contributed by atoms with Gasteiger partial charge in [0.2, 0.25) is 0 Å². The summed E-state index contributed by atoms with van der Waals surface area (Å²) in [5.74, 6) is -0.786. The number of halogens is 3. The minimum atomic E-state index is -4.23. The van der Waals surface area contributed by atoms with Gasteiger partial charge in [-0.2, -0.15) is 13.2 Å². The molecule has 1 aromatic heterocycles. The summed E-state index contributed by atoms with van der Waals surface area (Å²) in [6.07, 6.45) is -5.21. The van der Waals surface area contributed by atoms with Crippen LogP contribution in [0.25, 0.3) is 0 Å². The van der Waals surface area contributed by atoms with Gasteiger partial charge in [0.05, 0.1) is 6.42 Å². The summed E-state index contributed by atoms with van der Waals surface area (Å²) in [6.45, 7) is 3.31. The predicted molar refractivity (Wildman–Crippen MR) is 61.8 cm³/mol. The lowest BCUT2D eigenvalue weighted by Crippen LogP contribution is -2.12. The first-order chi connectivity index (χ1) is 8.69. The third kappa shape index (κ3) is 5.23. The smallest absolute Gasteiger partial charge is 0.389 e. The Hall–Kier alpha value is -1.66. The molecule has 4 nitrogen and oxygen atoms in total. The molecule has 106 valence electrons. The van der Waals surface area contributed by atoms with Crippen LogP contribution in [0.1, 0.15) is 35.6 Å². The normalized spacial score (nSPS) is 11.6. The van der Waals surface area contributed by atoms with Crippen LogP contribution in [0, 0.1) is 13.8 Å². The zero-order valence-electron chi connectivity index (χ0n) is 10.7. The van der Waals surface area contributed by atoms with E-state index in [-0.39, 0.29) is 25.1 Å². The molecule has 0 atom stereocenters. The van der Waals surface area contributed by atoms with E-state index in [1.807, 2.05) is 0 Å². The van der Waals surface area contributed by atoms with Gasteiger partial charge < -0.3 is 5.11 Å². The van der Waals surface area contributed by atoms with Crippen molar-refractivity contribution in [3.05, 3.63) is 22.8 Å². The van der Waals surface area contributed by atoms with E-state index in [9.17, 15) is 18.0 Å². The molecule has 0 bridgehead atoms. The van der Waals surface area contributed by atoms with Crippen molar-refractivity contribution in [3.8, 4) is 0 Å². The standard InChI is InChI=1S/C12H15F3N2O2/c1-7-9(3-4-11(18)19)8(2)17-10(16-7)5-6-12(13,14)15/h3-6H2,1-2H3,(H,18,19). The molecule has 1 heterocycles. The zero-order chi connectivity index (χ0) is 14.6. The summed E-state index contributed by atoms with van der Waals surface area (Å²) >= 11 is 0. The van der Waals surface area contributed by atoms with Crippen LogP contribution in [0.2, 0.25) is 0 Å². The number of carboxylic acid groups (broad SMARTS) is 1. The van der Waals surface area contributed by atoms with Crippen molar-refractivity contribution in [3.63, 3.8) is 0 Å². The first-order valence-electron chi connectivity index (χ1n) is 5.80. The molecule has 0 aliphatic rings. The minimum absolute atomic E-state index is 0.0487. The maximum Gasteiger partial charge on any atom is 0.389 e. The number of nitrogens with zero attached hydrogens (tertiary/aromatic N) is 2. The number of aryl methyl sites for hydroxylation is 3. The van der Waals surface area contributed by atoms with Crippen molar-refractivity contribution in [1.82, 2.24) is 9.97 Å². The molecule has 0 spiro atoms. The topological polar surface area (TPSA) is 63.1 Å². The van der Waals surface area contributed by atoms with Crippen LogP contribution in [0.5, 0.6) is 0 Å². The Morgan fingerprint density at radius 3 is 2.11 bits per heavy atom. The van der Waals surface area contributed by atoms with Gasteiger partial charge >= 0.3 is 12.1 Å². The van der Waals surface area contributed by atoms with E-state index >= 15 is 0 Å². The molecule has 0 unspecified atom stereocenters. The lowest BCUT2D eigenvalue weighted by atomic mass is 10.1. The van der Waals surface area contributed by atoms with Gasteiger partial charge in [0.1, 0.15) is 5.82 Å². The van der Waals surface area contributed by atoms with Crippen molar-refractivity contribution < 1.29 is 23.1 Å². The number of aliphatic carboxylic acids is 1. The molecular formula is C12H15F3N2O2. The van der Waals surface area contributed by atoms with Crippen LogP contribution in [0.4, 0.5) is 13.2 Å². The highest BCUT2D eigenvalue weighted by atomic mass is 19.4. The molecular weight excluding hydrogens is 261 g/mol. The molecule has 0 amide bonds. The largest absolute Gasteiger partial charge is 0.481 e. The lowest BCUT2D eigenvalue weighted by Gasteiger charge is -2.11. The van der Waals surface area contributed by atoms with Gasteiger partial charge in [-0.1, -0.05) is 0 Å². The molecule has 0 radical (unpaired) electrons. The van der Waals surface area contributed by atoms with Crippen LogP contribution in [0.3, 0.4) is 0 Å². The molecule has 1 N–H and O–H groups in total. The molecule has 0 aliphatic heterocycles. The average molecular weight is 276 g/mol. The minimum Gasteiger partial charge on any atom is -0.481 e. The Bertz CT molecular complexity index is 450. The Morgan fingerprint density at radius 2 is 1.68 bits per heavy atom.